The van der Waals surface area contributed by atoms with Crippen LogP contribution in [0.15, 0.2) is 12.3 Å². The summed E-state index contributed by atoms with van der Waals surface area (Å²) in [5.74, 6) is 0. The third kappa shape index (κ3) is 2.18. The van der Waals surface area contributed by atoms with Crippen molar-refractivity contribution in [2.45, 2.75) is 6.18 Å². The van der Waals surface area contributed by atoms with Gasteiger partial charge in [0.25, 0.3) is 0 Å². The highest BCUT2D eigenvalue weighted by Crippen LogP contribution is 2.32. The summed E-state index contributed by atoms with van der Waals surface area (Å²) in [6.07, 6.45) is -3.39. The van der Waals surface area contributed by atoms with Gasteiger partial charge in [0.05, 0.1) is 5.02 Å². The minimum Gasteiger partial charge on any atom is -0.298 e. The molecule has 70 valence electrons. The minimum atomic E-state index is -4.58. The number of carbonyl (C=O) groups is 1. The first kappa shape index (κ1) is 9.98. The predicted octanol–water partition coefficient (Wildman–Crippen LogP) is 2.57. The zero-order valence-electron chi connectivity index (χ0n) is 6.10. The van der Waals surface area contributed by atoms with Crippen molar-refractivity contribution >= 4 is 17.9 Å². The van der Waals surface area contributed by atoms with Gasteiger partial charge in [-0.1, -0.05) is 11.6 Å². The van der Waals surface area contributed by atoms with Crippen molar-refractivity contribution in [1.82, 2.24) is 4.98 Å². The van der Waals surface area contributed by atoms with E-state index in [0.717, 1.165) is 12.3 Å². The zero-order chi connectivity index (χ0) is 10.1. The number of alkyl halides is 3. The number of hydrogen-bond donors (Lipinski definition) is 0. The molecule has 0 unspecified atom stereocenters. The van der Waals surface area contributed by atoms with Gasteiger partial charge in [-0.15, -0.1) is 0 Å². The van der Waals surface area contributed by atoms with E-state index in [1.54, 1.807) is 0 Å². The molecule has 0 aliphatic carbocycles. The Bertz CT molecular complexity index is 337. The maximum atomic E-state index is 12.0. The van der Waals surface area contributed by atoms with Gasteiger partial charge in [-0.25, -0.2) is 4.98 Å². The minimum absolute atomic E-state index is 0.0120. The molecule has 13 heavy (non-hydrogen) atoms. The number of carbonyl (C=O) groups excluding carboxylic acids is 1. The fourth-order valence-corrected chi connectivity index (χ4v) is 1.01. The Morgan fingerprint density at radius 2 is 2.08 bits per heavy atom. The van der Waals surface area contributed by atoms with Gasteiger partial charge in [0.15, 0.2) is 12.0 Å². The molecule has 1 aromatic rings. The number of nitrogens with zero attached hydrogens (tertiary/aromatic N) is 1. The third-order valence-electron chi connectivity index (χ3n) is 1.27. The summed E-state index contributed by atoms with van der Waals surface area (Å²) < 4.78 is 36.1. The van der Waals surface area contributed by atoms with Crippen LogP contribution in [0.3, 0.4) is 0 Å². The summed E-state index contributed by atoms with van der Waals surface area (Å²) in [4.78, 5) is 13.2. The van der Waals surface area contributed by atoms with Crippen molar-refractivity contribution in [3.8, 4) is 0 Å². The third-order valence-corrected chi connectivity index (χ3v) is 1.56. The van der Waals surface area contributed by atoms with Crippen LogP contribution in [0.25, 0.3) is 0 Å². The van der Waals surface area contributed by atoms with Crippen LogP contribution in [0.5, 0.6) is 0 Å². The van der Waals surface area contributed by atoms with E-state index in [4.69, 9.17) is 11.6 Å². The number of rotatable bonds is 1. The van der Waals surface area contributed by atoms with Crippen LogP contribution in [0.2, 0.25) is 5.02 Å². The lowest BCUT2D eigenvalue weighted by atomic mass is 10.2. The molecule has 0 aromatic carbocycles. The molecule has 0 aliphatic rings. The van der Waals surface area contributed by atoms with Crippen LogP contribution in [0.4, 0.5) is 13.2 Å². The Morgan fingerprint density at radius 1 is 1.46 bits per heavy atom. The van der Waals surface area contributed by atoms with Crippen molar-refractivity contribution in [3.63, 3.8) is 0 Å². The Hall–Kier alpha value is -1.10. The zero-order valence-corrected chi connectivity index (χ0v) is 6.86. The maximum Gasteiger partial charge on any atom is 0.434 e. The van der Waals surface area contributed by atoms with Crippen LogP contribution in [-0.2, 0) is 6.18 Å². The molecule has 6 heteroatoms. The molecule has 0 spiro atoms. The van der Waals surface area contributed by atoms with Crippen molar-refractivity contribution in [2.75, 3.05) is 0 Å². The van der Waals surface area contributed by atoms with Crippen LogP contribution in [-0.4, -0.2) is 11.3 Å². The lowest BCUT2D eigenvalue weighted by molar-refractivity contribution is -0.141. The molecular weight excluding hydrogens is 207 g/mol. The molecule has 0 fully saturated rings. The Morgan fingerprint density at radius 3 is 2.46 bits per heavy atom. The Kier molecular flexibility index (Phi) is 2.56. The molecule has 0 aliphatic heterocycles. The molecule has 1 heterocycles. The lowest BCUT2D eigenvalue weighted by Gasteiger charge is -2.06. The standard InChI is InChI=1S/C7H3ClF3NO/c8-5-1-4(3-13)2-12-6(5)7(9,10)11/h1-3H. The van der Waals surface area contributed by atoms with Gasteiger partial charge >= 0.3 is 6.18 Å². The van der Waals surface area contributed by atoms with E-state index in [1.807, 2.05) is 0 Å². The van der Waals surface area contributed by atoms with Crippen LogP contribution in [0.1, 0.15) is 16.1 Å². The van der Waals surface area contributed by atoms with Gasteiger partial charge in [0.2, 0.25) is 0 Å². The fraction of sp³-hybridized carbons (Fsp3) is 0.143. The molecule has 0 saturated carbocycles. The fourth-order valence-electron chi connectivity index (χ4n) is 0.726. The van der Waals surface area contributed by atoms with E-state index in [0.29, 0.717) is 6.29 Å². The molecule has 1 rings (SSSR count). The monoisotopic (exact) mass is 209 g/mol. The Labute approximate surface area is 76.3 Å². The van der Waals surface area contributed by atoms with Crippen LogP contribution >= 0.6 is 11.6 Å². The lowest BCUT2D eigenvalue weighted by Crippen LogP contribution is -2.09. The van der Waals surface area contributed by atoms with E-state index >= 15 is 0 Å². The summed E-state index contributed by atoms with van der Waals surface area (Å²) >= 11 is 5.25. The van der Waals surface area contributed by atoms with Gasteiger partial charge in [0, 0.05) is 11.8 Å². The average Bonchev–Trinajstić information content (AvgIpc) is 2.01. The van der Waals surface area contributed by atoms with Gasteiger partial charge < -0.3 is 0 Å². The van der Waals surface area contributed by atoms with E-state index < -0.39 is 16.9 Å². The molecule has 2 nitrogen and oxygen atoms in total. The highest BCUT2D eigenvalue weighted by atomic mass is 35.5. The SMILES string of the molecule is O=Cc1cnc(C(F)(F)F)c(Cl)c1. The summed E-state index contributed by atoms with van der Waals surface area (Å²) in [7, 11) is 0. The largest absolute Gasteiger partial charge is 0.434 e. The van der Waals surface area contributed by atoms with Crippen molar-refractivity contribution in [3.05, 3.63) is 28.5 Å². The van der Waals surface area contributed by atoms with Gasteiger partial charge in [-0.2, -0.15) is 13.2 Å². The molecule has 0 saturated heterocycles. The normalized spacial score (nSPS) is 11.4. The van der Waals surface area contributed by atoms with Crippen LogP contribution in [0, 0.1) is 0 Å². The summed E-state index contributed by atoms with van der Waals surface area (Å²) in [6.45, 7) is 0. The van der Waals surface area contributed by atoms with Gasteiger partial charge in [0.1, 0.15) is 0 Å². The summed E-state index contributed by atoms with van der Waals surface area (Å²) in [6, 6.07) is 0.921. The number of aldehydes is 1. The smallest absolute Gasteiger partial charge is 0.298 e. The Balaban J connectivity index is 3.20. The molecule has 0 bridgehead atoms. The van der Waals surface area contributed by atoms with Gasteiger partial charge in [-0.05, 0) is 6.07 Å². The van der Waals surface area contributed by atoms with E-state index in [-0.39, 0.29) is 5.56 Å². The second kappa shape index (κ2) is 3.33. The number of pyridine rings is 1. The molecule has 0 radical (unpaired) electrons. The summed E-state index contributed by atoms with van der Waals surface area (Å²) in [5.41, 5.74) is -1.17. The second-order valence-electron chi connectivity index (χ2n) is 2.21. The van der Waals surface area contributed by atoms with E-state index in [1.165, 1.54) is 0 Å². The molecule has 0 atom stereocenters. The molecule has 0 N–H and O–H groups in total. The topological polar surface area (TPSA) is 30.0 Å². The van der Waals surface area contributed by atoms with Gasteiger partial charge in [-0.3, -0.25) is 4.79 Å². The molecule has 0 amide bonds. The van der Waals surface area contributed by atoms with Crippen LogP contribution < -0.4 is 0 Å². The highest BCUT2D eigenvalue weighted by molar-refractivity contribution is 6.31. The van der Waals surface area contributed by atoms with E-state index in [9.17, 15) is 18.0 Å². The first-order chi connectivity index (χ1) is 5.95. The number of aromatic nitrogens is 1. The first-order valence-corrected chi connectivity index (χ1v) is 3.51. The number of halogens is 4. The summed E-state index contributed by atoms with van der Waals surface area (Å²) in [5, 5.41) is -0.572. The second-order valence-corrected chi connectivity index (χ2v) is 2.62. The average molecular weight is 210 g/mol. The number of hydrogen-bond acceptors (Lipinski definition) is 2. The van der Waals surface area contributed by atoms with E-state index in [2.05, 4.69) is 4.98 Å². The maximum absolute atomic E-state index is 12.0. The highest BCUT2D eigenvalue weighted by Gasteiger charge is 2.35. The first-order valence-electron chi connectivity index (χ1n) is 3.13. The van der Waals surface area contributed by atoms with Crippen molar-refractivity contribution in [2.24, 2.45) is 0 Å². The van der Waals surface area contributed by atoms with Crippen molar-refractivity contribution in [1.29, 1.82) is 0 Å². The quantitative estimate of drug-likeness (QED) is 0.666. The molecular formula is C7H3ClF3NO. The predicted molar refractivity (Wildman–Crippen MR) is 39.6 cm³/mol. The molecule has 1 aromatic heterocycles. The van der Waals surface area contributed by atoms with Crippen molar-refractivity contribution < 1.29 is 18.0 Å².